The number of rotatable bonds is 6. The Kier molecular flexibility index (Phi) is 4.15. The van der Waals surface area contributed by atoms with Crippen molar-refractivity contribution in [2.45, 2.75) is 38.3 Å². The fourth-order valence-electron chi connectivity index (χ4n) is 1.69. The summed E-state index contributed by atoms with van der Waals surface area (Å²) in [6.07, 6.45) is 1.90. The number of benzene rings is 1. The third kappa shape index (κ3) is 3.87. The van der Waals surface area contributed by atoms with E-state index in [0.717, 1.165) is 16.3 Å². The molecule has 4 heteroatoms. The molecule has 1 aromatic carbocycles. The van der Waals surface area contributed by atoms with Gasteiger partial charge in [-0.25, -0.2) is 0 Å². The molecule has 0 aromatic heterocycles. The third-order valence-electron chi connectivity index (χ3n) is 3.34. The van der Waals surface area contributed by atoms with Gasteiger partial charge in [0.1, 0.15) is 18.5 Å². The van der Waals surface area contributed by atoms with Gasteiger partial charge in [0.2, 0.25) is 0 Å². The van der Waals surface area contributed by atoms with Crippen LogP contribution >= 0.6 is 11.6 Å². The van der Waals surface area contributed by atoms with Crippen LogP contribution in [0.2, 0.25) is 5.02 Å². The van der Waals surface area contributed by atoms with E-state index in [1.807, 2.05) is 25.1 Å². The summed E-state index contributed by atoms with van der Waals surface area (Å²) in [7, 11) is 0. The molecule has 0 radical (unpaired) electrons. The Balaban J connectivity index is 1.74. The lowest BCUT2D eigenvalue weighted by Gasteiger charge is -2.16. The number of aryl methyl sites for hydroxylation is 1. The Hall–Kier alpha value is -0.770. The molecule has 1 aliphatic rings. The van der Waals surface area contributed by atoms with Gasteiger partial charge in [-0.3, -0.25) is 0 Å². The van der Waals surface area contributed by atoms with Crippen molar-refractivity contribution in [3.8, 4) is 5.75 Å². The summed E-state index contributed by atoms with van der Waals surface area (Å²) >= 11 is 5.94. The molecule has 1 unspecified atom stereocenters. The predicted molar refractivity (Wildman–Crippen MR) is 73.3 cm³/mol. The number of aliphatic hydroxyl groups is 1. The highest BCUT2D eigenvalue weighted by Gasteiger charge is 2.36. The first-order valence-electron chi connectivity index (χ1n) is 6.31. The first-order valence-corrected chi connectivity index (χ1v) is 6.68. The maximum absolute atomic E-state index is 9.81. The van der Waals surface area contributed by atoms with Crippen molar-refractivity contribution in [1.29, 1.82) is 0 Å². The zero-order chi connectivity index (χ0) is 13.2. The lowest BCUT2D eigenvalue weighted by Crippen LogP contribution is -2.37. The average Bonchev–Trinajstić information content (AvgIpc) is 3.07. The summed E-state index contributed by atoms with van der Waals surface area (Å²) in [5, 5.41) is 13.9. The molecule has 0 heterocycles. The minimum Gasteiger partial charge on any atom is -0.491 e. The molecule has 1 saturated carbocycles. The van der Waals surface area contributed by atoms with Gasteiger partial charge < -0.3 is 15.2 Å². The van der Waals surface area contributed by atoms with E-state index >= 15 is 0 Å². The SMILES string of the molecule is Cc1cc(OCC(O)CNC2(C)CC2)ccc1Cl. The molecule has 18 heavy (non-hydrogen) atoms. The predicted octanol–water partition coefficient (Wildman–Crippen LogP) is 2.53. The van der Waals surface area contributed by atoms with Gasteiger partial charge in [-0.2, -0.15) is 0 Å². The summed E-state index contributed by atoms with van der Waals surface area (Å²) in [4.78, 5) is 0. The Morgan fingerprint density at radius 2 is 2.22 bits per heavy atom. The quantitative estimate of drug-likeness (QED) is 0.834. The molecule has 1 atom stereocenters. The van der Waals surface area contributed by atoms with E-state index in [9.17, 15) is 5.11 Å². The maximum atomic E-state index is 9.81. The van der Waals surface area contributed by atoms with E-state index in [1.165, 1.54) is 12.8 Å². The molecule has 0 amide bonds. The molecule has 0 bridgehead atoms. The summed E-state index contributed by atoms with van der Waals surface area (Å²) < 4.78 is 5.54. The van der Waals surface area contributed by atoms with Crippen LogP contribution in [0.5, 0.6) is 5.75 Å². The average molecular weight is 270 g/mol. The van der Waals surface area contributed by atoms with Gasteiger partial charge in [0.15, 0.2) is 0 Å². The Bertz CT molecular complexity index is 418. The molecule has 0 aliphatic heterocycles. The largest absolute Gasteiger partial charge is 0.491 e. The third-order valence-corrected chi connectivity index (χ3v) is 3.76. The highest BCUT2D eigenvalue weighted by Crippen LogP contribution is 2.34. The van der Waals surface area contributed by atoms with Crippen LogP contribution in [-0.4, -0.2) is 29.9 Å². The molecular weight excluding hydrogens is 250 g/mol. The van der Waals surface area contributed by atoms with Crippen molar-refractivity contribution in [3.63, 3.8) is 0 Å². The topological polar surface area (TPSA) is 41.5 Å². The van der Waals surface area contributed by atoms with Gasteiger partial charge in [-0.05, 0) is 50.5 Å². The second kappa shape index (κ2) is 5.47. The highest BCUT2D eigenvalue weighted by atomic mass is 35.5. The normalized spacial score (nSPS) is 18.4. The van der Waals surface area contributed by atoms with Gasteiger partial charge in [0.25, 0.3) is 0 Å². The van der Waals surface area contributed by atoms with Crippen LogP contribution in [0.1, 0.15) is 25.3 Å². The molecule has 100 valence electrons. The van der Waals surface area contributed by atoms with E-state index < -0.39 is 6.10 Å². The minimum absolute atomic E-state index is 0.248. The first kappa shape index (κ1) is 13.7. The Morgan fingerprint density at radius 1 is 1.50 bits per heavy atom. The second-order valence-corrected chi connectivity index (χ2v) is 5.72. The Morgan fingerprint density at radius 3 is 2.83 bits per heavy atom. The monoisotopic (exact) mass is 269 g/mol. The van der Waals surface area contributed by atoms with Crippen LogP contribution in [0.15, 0.2) is 18.2 Å². The van der Waals surface area contributed by atoms with E-state index in [-0.39, 0.29) is 5.54 Å². The van der Waals surface area contributed by atoms with Crippen LogP contribution < -0.4 is 10.1 Å². The number of halogens is 1. The van der Waals surface area contributed by atoms with Crippen LogP contribution in [-0.2, 0) is 0 Å². The van der Waals surface area contributed by atoms with Crippen LogP contribution in [0, 0.1) is 6.92 Å². The van der Waals surface area contributed by atoms with Crippen molar-refractivity contribution in [2.75, 3.05) is 13.2 Å². The van der Waals surface area contributed by atoms with Crippen molar-refractivity contribution in [2.24, 2.45) is 0 Å². The van der Waals surface area contributed by atoms with E-state index in [2.05, 4.69) is 12.2 Å². The van der Waals surface area contributed by atoms with Gasteiger partial charge >= 0.3 is 0 Å². The molecule has 1 aliphatic carbocycles. The van der Waals surface area contributed by atoms with Gasteiger partial charge in [0.05, 0.1) is 0 Å². The number of ether oxygens (including phenoxy) is 1. The van der Waals surface area contributed by atoms with Gasteiger partial charge in [0, 0.05) is 17.1 Å². The molecule has 0 saturated heterocycles. The number of nitrogens with one attached hydrogen (secondary N) is 1. The second-order valence-electron chi connectivity index (χ2n) is 5.32. The zero-order valence-corrected chi connectivity index (χ0v) is 11.6. The van der Waals surface area contributed by atoms with Crippen molar-refractivity contribution >= 4 is 11.6 Å². The standard InChI is InChI=1S/C14H20ClNO2/c1-10-7-12(3-4-13(10)15)18-9-11(17)8-16-14(2)5-6-14/h3-4,7,11,16-17H,5-6,8-9H2,1-2H3. The number of β-amino-alcohol motifs (C(OH)–C–C–N with tert-alkyl or cyclic N) is 1. The highest BCUT2D eigenvalue weighted by molar-refractivity contribution is 6.31. The van der Waals surface area contributed by atoms with Crippen molar-refractivity contribution in [3.05, 3.63) is 28.8 Å². The van der Waals surface area contributed by atoms with Crippen molar-refractivity contribution < 1.29 is 9.84 Å². The molecular formula is C14H20ClNO2. The molecule has 3 nitrogen and oxygen atoms in total. The van der Waals surface area contributed by atoms with E-state index in [4.69, 9.17) is 16.3 Å². The fraction of sp³-hybridized carbons (Fsp3) is 0.571. The van der Waals surface area contributed by atoms with Crippen LogP contribution in [0.4, 0.5) is 0 Å². The first-order chi connectivity index (χ1) is 8.48. The molecule has 1 fully saturated rings. The fourth-order valence-corrected chi connectivity index (χ4v) is 1.80. The van der Waals surface area contributed by atoms with Crippen LogP contribution in [0.25, 0.3) is 0 Å². The van der Waals surface area contributed by atoms with Gasteiger partial charge in [-0.1, -0.05) is 11.6 Å². The van der Waals surface area contributed by atoms with Crippen molar-refractivity contribution in [1.82, 2.24) is 5.32 Å². The lowest BCUT2D eigenvalue weighted by atomic mass is 10.2. The molecule has 1 aromatic rings. The molecule has 2 rings (SSSR count). The summed E-state index contributed by atoms with van der Waals surface area (Å²) in [5.74, 6) is 0.744. The summed E-state index contributed by atoms with van der Waals surface area (Å²) in [5.41, 5.74) is 1.23. The molecule has 0 spiro atoms. The number of hydrogen-bond acceptors (Lipinski definition) is 3. The zero-order valence-electron chi connectivity index (χ0n) is 10.9. The maximum Gasteiger partial charge on any atom is 0.119 e. The van der Waals surface area contributed by atoms with Crippen LogP contribution in [0.3, 0.4) is 0 Å². The van der Waals surface area contributed by atoms with E-state index in [1.54, 1.807) is 0 Å². The summed E-state index contributed by atoms with van der Waals surface area (Å²) in [6.45, 7) is 4.97. The minimum atomic E-state index is -0.488. The Labute approximate surface area is 113 Å². The smallest absolute Gasteiger partial charge is 0.119 e. The summed E-state index contributed by atoms with van der Waals surface area (Å²) in [6, 6.07) is 5.50. The van der Waals surface area contributed by atoms with Gasteiger partial charge in [-0.15, -0.1) is 0 Å². The number of hydrogen-bond donors (Lipinski definition) is 2. The molecule has 2 N–H and O–H groups in total. The van der Waals surface area contributed by atoms with E-state index in [0.29, 0.717) is 13.2 Å². The number of aliphatic hydroxyl groups excluding tert-OH is 1. The lowest BCUT2D eigenvalue weighted by molar-refractivity contribution is 0.103.